The molecule has 1 N–H and O–H groups in total. The lowest BCUT2D eigenvalue weighted by Gasteiger charge is -2.12. The molecule has 0 radical (unpaired) electrons. The highest BCUT2D eigenvalue weighted by Gasteiger charge is 2.13. The highest BCUT2D eigenvalue weighted by atomic mass is 19.2. The van der Waals surface area contributed by atoms with Crippen molar-refractivity contribution in [3.63, 3.8) is 0 Å². The van der Waals surface area contributed by atoms with Crippen LogP contribution in [-0.2, 0) is 0 Å². The molecular weight excluding hydrogens is 274 g/mol. The molecule has 0 aliphatic heterocycles. The monoisotopic (exact) mass is 288 g/mol. The maximum atomic E-state index is 13.8. The molecule has 0 fully saturated rings. The van der Waals surface area contributed by atoms with E-state index in [0.717, 1.165) is 0 Å². The fraction of sp³-hybridized carbons (Fsp3) is 0.188. The number of benzene rings is 2. The van der Waals surface area contributed by atoms with Crippen molar-refractivity contribution in [1.82, 2.24) is 0 Å². The molecule has 108 valence electrons. The van der Waals surface area contributed by atoms with E-state index in [2.05, 4.69) is 5.32 Å². The Kier molecular flexibility index (Phi) is 4.39. The maximum absolute atomic E-state index is 13.8. The van der Waals surface area contributed by atoms with Crippen molar-refractivity contribution in [3.05, 3.63) is 53.6 Å². The fourth-order valence-electron chi connectivity index (χ4n) is 1.78. The molecule has 0 spiro atoms. The zero-order valence-corrected chi connectivity index (χ0v) is 11.7. The van der Waals surface area contributed by atoms with Crippen molar-refractivity contribution >= 4 is 11.4 Å². The molecule has 2 aromatic carbocycles. The predicted molar refractivity (Wildman–Crippen MR) is 76.6 cm³/mol. The van der Waals surface area contributed by atoms with Gasteiger partial charge in [0.2, 0.25) is 0 Å². The summed E-state index contributed by atoms with van der Waals surface area (Å²) in [6, 6.07) is 11.0. The molecule has 0 amide bonds. The van der Waals surface area contributed by atoms with Crippen molar-refractivity contribution in [2.24, 2.45) is 0 Å². The van der Waals surface area contributed by atoms with E-state index in [-0.39, 0.29) is 17.4 Å². The van der Waals surface area contributed by atoms with Crippen molar-refractivity contribution < 1.29 is 13.5 Å². The smallest absolute Gasteiger partial charge is 0.183 e. The Hall–Kier alpha value is -2.61. The molecule has 0 bridgehead atoms. The van der Waals surface area contributed by atoms with Gasteiger partial charge in [0, 0.05) is 5.69 Å². The second-order valence-electron chi connectivity index (χ2n) is 4.72. The number of hydrogen-bond acceptors (Lipinski definition) is 3. The van der Waals surface area contributed by atoms with E-state index < -0.39 is 11.6 Å². The van der Waals surface area contributed by atoms with E-state index >= 15 is 0 Å². The van der Waals surface area contributed by atoms with Crippen LogP contribution in [0.1, 0.15) is 19.4 Å². The summed E-state index contributed by atoms with van der Waals surface area (Å²) in [6.45, 7) is 3.84. The average molecular weight is 288 g/mol. The third-order valence-corrected chi connectivity index (χ3v) is 2.71. The van der Waals surface area contributed by atoms with E-state index in [4.69, 9.17) is 10.00 Å². The number of nitrogens with one attached hydrogen (secondary N) is 1. The summed E-state index contributed by atoms with van der Waals surface area (Å²) >= 11 is 0. The summed E-state index contributed by atoms with van der Waals surface area (Å²) in [5.74, 6) is -1.53. The van der Waals surface area contributed by atoms with Gasteiger partial charge in [-0.25, -0.2) is 8.78 Å². The van der Waals surface area contributed by atoms with Crippen molar-refractivity contribution in [1.29, 1.82) is 5.26 Å². The molecule has 0 atom stereocenters. The normalized spacial score (nSPS) is 10.3. The first-order chi connectivity index (χ1) is 10.0. The average Bonchev–Trinajstić information content (AvgIpc) is 2.45. The summed E-state index contributed by atoms with van der Waals surface area (Å²) in [5.41, 5.74) is 0.247. The number of ether oxygens (including phenoxy) is 1. The van der Waals surface area contributed by atoms with E-state index in [9.17, 15) is 8.78 Å². The molecule has 0 unspecified atom stereocenters. The second-order valence-corrected chi connectivity index (χ2v) is 4.72. The lowest BCUT2D eigenvalue weighted by Crippen LogP contribution is -2.05. The molecular formula is C16H14F2N2O. The standard InChI is InChI=1S/C16H14F2N2O/c1-10(2)21-13-6-4-12(5-7-13)20-14-8-3-11(9-19)15(17)16(14)18/h3-8,10,20H,1-2H3. The number of halogens is 2. The highest BCUT2D eigenvalue weighted by Crippen LogP contribution is 2.25. The molecule has 2 rings (SSSR count). The number of rotatable bonds is 4. The SMILES string of the molecule is CC(C)Oc1ccc(Nc2ccc(C#N)c(F)c2F)cc1. The first-order valence-corrected chi connectivity index (χ1v) is 6.43. The minimum Gasteiger partial charge on any atom is -0.491 e. The summed E-state index contributed by atoms with van der Waals surface area (Å²) in [5, 5.41) is 11.4. The Morgan fingerprint density at radius 3 is 2.29 bits per heavy atom. The summed E-state index contributed by atoms with van der Waals surface area (Å²) in [4.78, 5) is 0. The van der Waals surface area contributed by atoms with Gasteiger partial charge < -0.3 is 10.1 Å². The number of nitriles is 1. The van der Waals surface area contributed by atoms with Crippen LogP contribution in [0.2, 0.25) is 0 Å². The quantitative estimate of drug-likeness (QED) is 0.908. The Balaban J connectivity index is 2.19. The molecule has 21 heavy (non-hydrogen) atoms. The van der Waals surface area contributed by atoms with Gasteiger partial charge in [0.15, 0.2) is 11.6 Å². The van der Waals surface area contributed by atoms with Crippen molar-refractivity contribution in [2.45, 2.75) is 20.0 Å². The van der Waals surface area contributed by atoms with Crippen LogP contribution in [0.3, 0.4) is 0 Å². The van der Waals surface area contributed by atoms with Gasteiger partial charge >= 0.3 is 0 Å². The van der Waals surface area contributed by atoms with Crippen LogP contribution in [0, 0.1) is 23.0 Å². The maximum Gasteiger partial charge on any atom is 0.183 e. The Morgan fingerprint density at radius 1 is 1.05 bits per heavy atom. The Labute approximate surface area is 121 Å². The zero-order valence-electron chi connectivity index (χ0n) is 11.7. The second kappa shape index (κ2) is 6.23. The van der Waals surface area contributed by atoms with Crippen LogP contribution in [0.15, 0.2) is 36.4 Å². The first-order valence-electron chi connectivity index (χ1n) is 6.43. The lowest BCUT2D eigenvalue weighted by molar-refractivity contribution is 0.242. The first kappa shape index (κ1) is 14.8. The van der Waals surface area contributed by atoms with Gasteiger partial charge in [-0.3, -0.25) is 0 Å². The van der Waals surface area contributed by atoms with Crippen molar-refractivity contribution in [3.8, 4) is 11.8 Å². The largest absolute Gasteiger partial charge is 0.491 e. The predicted octanol–water partition coefficient (Wildman–Crippen LogP) is 4.37. The summed E-state index contributed by atoms with van der Waals surface area (Å²) < 4.78 is 32.8. The lowest BCUT2D eigenvalue weighted by atomic mass is 10.2. The third-order valence-electron chi connectivity index (χ3n) is 2.71. The molecule has 0 aliphatic rings. The fourth-order valence-corrected chi connectivity index (χ4v) is 1.78. The molecule has 3 nitrogen and oxygen atoms in total. The van der Waals surface area contributed by atoms with Gasteiger partial charge in [-0.1, -0.05) is 0 Å². The van der Waals surface area contributed by atoms with Crippen LogP contribution >= 0.6 is 0 Å². The van der Waals surface area contributed by atoms with Gasteiger partial charge in [-0.2, -0.15) is 5.26 Å². The van der Waals surface area contributed by atoms with Gasteiger partial charge in [-0.15, -0.1) is 0 Å². The molecule has 0 aromatic heterocycles. The highest BCUT2D eigenvalue weighted by molar-refractivity contribution is 5.62. The van der Waals surface area contributed by atoms with Crippen LogP contribution < -0.4 is 10.1 Å². The summed E-state index contributed by atoms with van der Waals surface area (Å²) in [7, 11) is 0. The van der Waals surface area contributed by atoms with Gasteiger partial charge in [0.05, 0.1) is 17.4 Å². The van der Waals surface area contributed by atoms with E-state index in [1.54, 1.807) is 30.3 Å². The third kappa shape index (κ3) is 3.48. The molecule has 0 saturated carbocycles. The Bertz CT molecular complexity index is 676. The number of nitrogens with zero attached hydrogens (tertiary/aromatic N) is 1. The Morgan fingerprint density at radius 2 is 1.71 bits per heavy atom. The molecule has 2 aromatic rings. The van der Waals surface area contributed by atoms with E-state index in [1.165, 1.54) is 12.1 Å². The van der Waals surface area contributed by atoms with Crippen LogP contribution in [0.5, 0.6) is 5.75 Å². The minimum atomic E-state index is -1.15. The van der Waals surface area contributed by atoms with Crippen molar-refractivity contribution in [2.75, 3.05) is 5.32 Å². The van der Waals surface area contributed by atoms with Crippen LogP contribution in [0.25, 0.3) is 0 Å². The van der Waals surface area contributed by atoms with E-state index in [0.29, 0.717) is 11.4 Å². The number of hydrogen-bond donors (Lipinski definition) is 1. The van der Waals surface area contributed by atoms with E-state index in [1.807, 2.05) is 13.8 Å². The molecule has 0 heterocycles. The zero-order chi connectivity index (χ0) is 15.4. The molecule has 0 aliphatic carbocycles. The number of anilines is 2. The molecule has 0 saturated heterocycles. The minimum absolute atomic E-state index is 0.0240. The van der Waals surface area contributed by atoms with Crippen LogP contribution in [-0.4, -0.2) is 6.10 Å². The van der Waals surface area contributed by atoms with Gasteiger partial charge in [0.25, 0.3) is 0 Å². The topological polar surface area (TPSA) is 45.0 Å². The molecule has 5 heteroatoms. The van der Waals surface area contributed by atoms with Crippen LogP contribution in [0.4, 0.5) is 20.2 Å². The summed E-state index contributed by atoms with van der Waals surface area (Å²) in [6.07, 6.45) is 0.0638. The van der Waals surface area contributed by atoms with Gasteiger partial charge in [-0.05, 0) is 50.2 Å². The van der Waals surface area contributed by atoms with Gasteiger partial charge in [0.1, 0.15) is 11.8 Å².